The van der Waals surface area contributed by atoms with Gasteiger partial charge in [0, 0.05) is 25.2 Å². The number of amides is 1. The van der Waals surface area contributed by atoms with E-state index in [4.69, 9.17) is 9.26 Å². The molecule has 0 aliphatic carbocycles. The molecule has 9 heteroatoms. The van der Waals surface area contributed by atoms with E-state index >= 15 is 0 Å². The van der Waals surface area contributed by atoms with Gasteiger partial charge in [0.15, 0.2) is 11.3 Å². The van der Waals surface area contributed by atoms with E-state index in [0.29, 0.717) is 36.4 Å². The molecule has 0 saturated carbocycles. The molecule has 30 heavy (non-hydrogen) atoms. The second kappa shape index (κ2) is 8.45. The number of nitrogens with zero attached hydrogens (tertiary/aromatic N) is 2. The average Bonchev–Trinajstić information content (AvgIpc) is 3.42. The lowest BCUT2D eigenvalue weighted by atomic mass is 10.2. The number of benzene rings is 2. The van der Waals surface area contributed by atoms with Gasteiger partial charge in [0.25, 0.3) is 5.91 Å². The topological polar surface area (TPSA) is 102 Å². The van der Waals surface area contributed by atoms with Gasteiger partial charge in [-0.25, -0.2) is 13.1 Å². The molecule has 0 atom stereocenters. The van der Waals surface area contributed by atoms with E-state index in [1.807, 2.05) is 25.1 Å². The molecule has 2 aromatic carbocycles. The van der Waals surface area contributed by atoms with E-state index < -0.39 is 10.0 Å². The molecule has 1 amide bonds. The predicted octanol–water partition coefficient (Wildman–Crippen LogP) is 2.94. The van der Waals surface area contributed by atoms with Crippen LogP contribution in [-0.4, -0.2) is 44.1 Å². The number of likely N-dealkylation sites (tertiary alicyclic amines) is 1. The predicted molar refractivity (Wildman–Crippen MR) is 111 cm³/mol. The smallest absolute Gasteiger partial charge is 0.276 e. The number of hydrogen-bond acceptors (Lipinski definition) is 6. The molecular formula is C21H23N3O5S. The summed E-state index contributed by atoms with van der Waals surface area (Å²) in [5, 5.41) is 4.28. The summed E-state index contributed by atoms with van der Waals surface area (Å²) in [6.07, 6.45) is 1.91. The maximum Gasteiger partial charge on any atom is 0.276 e. The van der Waals surface area contributed by atoms with Gasteiger partial charge in [-0.1, -0.05) is 23.4 Å². The number of carbonyl (C=O) groups is 1. The summed E-state index contributed by atoms with van der Waals surface area (Å²) in [4.78, 5) is 14.5. The number of para-hydroxylation sites is 1. The summed E-state index contributed by atoms with van der Waals surface area (Å²) >= 11 is 0. The van der Waals surface area contributed by atoms with E-state index in [2.05, 4.69) is 9.88 Å². The first-order valence-corrected chi connectivity index (χ1v) is 11.4. The van der Waals surface area contributed by atoms with Gasteiger partial charge < -0.3 is 14.2 Å². The van der Waals surface area contributed by atoms with Crippen LogP contribution in [0.2, 0.25) is 0 Å². The molecule has 8 nitrogen and oxygen atoms in total. The van der Waals surface area contributed by atoms with E-state index in [1.165, 1.54) is 18.2 Å². The van der Waals surface area contributed by atoms with Crippen LogP contribution >= 0.6 is 0 Å². The van der Waals surface area contributed by atoms with E-state index in [-0.39, 0.29) is 23.0 Å². The summed E-state index contributed by atoms with van der Waals surface area (Å²) in [6, 6.07) is 11.7. The number of ether oxygens (including phenoxy) is 1. The van der Waals surface area contributed by atoms with Crippen LogP contribution < -0.4 is 9.46 Å². The first-order chi connectivity index (χ1) is 14.5. The quantitative estimate of drug-likeness (QED) is 0.620. The van der Waals surface area contributed by atoms with Crippen LogP contribution in [0.25, 0.3) is 11.0 Å². The van der Waals surface area contributed by atoms with Crippen LogP contribution in [0.4, 0.5) is 0 Å². The number of aromatic nitrogens is 1. The first-order valence-electron chi connectivity index (χ1n) is 9.88. The molecule has 1 saturated heterocycles. The van der Waals surface area contributed by atoms with Gasteiger partial charge in [0.05, 0.1) is 16.9 Å². The first kappa shape index (κ1) is 20.4. The fourth-order valence-electron chi connectivity index (χ4n) is 3.51. The highest BCUT2D eigenvalue weighted by atomic mass is 32.2. The maximum absolute atomic E-state index is 12.9. The molecule has 1 fully saturated rings. The van der Waals surface area contributed by atoms with Crippen LogP contribution in [0, 0.1) is 0 Å². The van der Waals surface area contributed by atoms with Crippen molar-refractivity contribution < 1.29 is 22.5 Å². The van der Waals surface area contributed by atoms with Crippen molar-refractivity contribution in [1.29, 1.82) is 0 Å². The standard InChI is InChI=1S/C21H23N3O5S/c1-2-28-18-8-4-3-7-15(18)14-22-30(26,27)16-9-10-19-17(13-16)20(23-29-19)21(25)24-11-5-6-12-24/h3-4,7-10,13,22H,2,5-6,11-12,14H2,1H3. The van der Waals surface area contributed by atoms with Crippen molar-refractivity contribution in [2.45, 2.75) is 31.2 Å². The second-order valence-corrected chi connectivity index (χ2v) is 8.82. The minimum absolute atomic E-state index is 0.0440. The third-order valence-corrected chi connectivity index (χ3v) is 6.47. The van der Waals surface area contributed by atoms with Crippen LogP contribution in [0.1, 0.15) is 35.8 Å². The molecule has 0 spiro atoms. The summed E-state index contributed by atoms with van der Waals surface area (Å²) in [5.41, 5.74) is 1.25. The Hall–Kier alpha value is -2.91. The van der Waals surface area contributed by atoms with Crippen molar-refractivity contribution in [2.75, 3.05) is 19.7 Å². The summed E-state index contributed by atoms with van der Waals surface area (Å²) in [6.45, 7) is 3.79. The molecular weight excluding hydrogens is 406 g/mol. The summed E-state index contributed by atoms with van der Waals surface area (Å²) in [5.74, 6) is 0.398. The largest absolute Gasteiger partial charge is 0.494 e. The monoisotopic (exact) mass is 429 g/mol. The zero-order valence-electron chi connectivity index (χ0n) is 16.6. The lowest BCUT2D eigenvalue weighted by Gasteiger charge is -2.13. The molecule has 2 heterocycles. The van der Waals surface area contributed by atoms with Crippen molar-refractivity contribution in [3.63, 3.8) is 0 Å². The van der Waals surface area contributed by atoms with Crippen LogP contribution in [0.3, 0.4) is 0 Å². The Bertz CT molecular complexity index is 1170. The number of rotatable bonds is 7. The van der Waals surface area contributed by atoms with Crippen molar-refractivity contribution in [3.8, 4) is 5.75 Å². The average molecular weight is 429 g/mol. The van der Waals surface area contributed by atoms with Crippen LogP contribution in [-0.2, 0) is 16.6 Å². The highest BCUT2D eigenvalue weighted by Crippen LogP contribution is 2.25. The van der Waals surface area contributed by atoms with Crippen molar-refractivity contribution >= 4 is 26.9 Å². The van der Waals surface area contributed by atoms with Gasteiger partial charge in [-0.2, -0.15) is 0 Å². The van der Waals surface area contributed by atoms with Gasteiger partial charge >= 0.3 is 0 Å². The van der Waals surface area contributed by atoms with Crippen molar-refractivity contribution in [1.82, 2.24) is 14.8 Å². The zero-order valence-corrected chi connectivity index (χ0v) is 17.4. The van der Waals surface area contributed by atoms with Gasteiger partial charge in [-0.15, -0.1) is 0 Å². The zero-order chi connectivity index (χ0) is 21.1. The molecule has 3 aromatic rings. The van der Waals surface area contributed by atoms with E-state index in [9.17, 15) is 13.2 Å². The molecule has 1 aliphatic heterocycles. The third kappa shape index (κ3) is 4.03. The second-order valence-electron chi connectivity index (χ2n) is 7.05. The van der Waals surface area contributed by atoms with Gasteiger partial charge in [0.1, 0.15) is 5.75 Å². The molecule has 0 unspecified atom stereocenters. The molecule has 1 aliphatic rings. The fourth-order valence-corrected chi connectivity index (χ4v) is 4.54. The van der Waals surface area contributed by atoms with Gasteiger partial charge in [-0.05, 0) is 44.0 Å². The maximum atomic E-state index is 12.9. The molecule has 4 rings (SSSR count). The SMILES string of the molecule is CCOc1ccccc1CNS(=O)(=O)c1ccc2onc(C(=O)N3CCCC3)c2c1. The minimum atomic E-state index is -3.82. The number of fused-ring (bicyclic) bond motifs is 1. The number of nitrogens with one attached hydrogen (secondary N) is 1. The van der Waals surface area contributed by atoms with Crippen molar-refractivity contribution in [3.05, 3.63) is 53.7 Å². The molecule has 1 N–H and O–H groups in total. The Labute approximate surface area is 174 Å². The molecule has 0 bridgehead atoms. The van der Waals surface area contributed by atoms with Crippen LogP contribution in [0.15, 0.2) is 51.9 Å². The number of sulfonamides is 1. The minimum Gasteiger partial charge on any atom is -0.494 e. The Morgan fingerprint density at radius 3 is 2.73 bits per heavy atom. The molecule has 158 valence electrons. The Morgan fingerprint density at radius 1 is 1.20 bits per heavy atom. The Balaban J connectivity index is 1.59. The fraction of sp³-hybridized carbons (Fsp3) is 0.333. The van der Waals surface area contributed by atoms with Gasteiger partial charge in [0.2, 0.25) is 10.0 Å². The van der Waals surface area contributed by atoms with Crippen molar-refractivity contribution in [2.24, 2.45) is 0 Å². The highest BCUT2D eigenvalue weighted by molar-refractivity contribution is 7.89. The third-order valence-electron chi connectivity index (χ3n) is 5.07. The summed E-state index contributed by atoms with van der Waals surface area (Å²) in [7, 11) is -3.82. The highest BCUT2D eigenvalue weighted by Gasteiger charge is 2.26. The Kier molecular flexibility index (Phi) is 5.74. The summed E-state index contributed by atoms with van der Waals surface area (Å²) < 4.78 is 39.1. The number of carbonyl (C=O) groups excluding carboxylic acids is 1. The van der Waals surface area contributed by atoms with E-state index in [0.717, 1.165) is 18.4 Å². The number of hydrogen-bond donors (Lipinski definition) is 1. The van der Waals surface area contributed by atoms with Gasteiger partial charge in [-0.3, -0.25) is 4.79 Å². The lowest BCUT2D eigenvalue weighted by Crippen LogP contribution is -2.28. The lowest BCUT2D eigenvalue weighted by molar-refractivity contribution is 0.0784. The normalized spacial score (nSPS) is 14.4. The van der Waals surface area contributed by atoms with E-state index in [1.54, 1.807) is 11.0 Å². The van der Waals surface area contributed by atoms with Crippen LogP contribution in [0.5, 0.6) is 5.75 Å². The molecule has 0 radical (unpaired) electrons. The molecule has 1 aromatic heterocycles. The Morgan fingerprint density at radius 2 is 1.97 bits per heavy atom.